The topological polar surface area (TPSA) is 132 Å². The molecule has 63 heavy (non-hydrogen) atoms. The lowest BCUT2D eigenvalue weighted by atomic mass is 9.94. The van der Waals surface area contributed by atoms with Gasteiger partial charge >= 0.3 is 5.97 Å². The molecule has 7 aromatic rings. The third-order valence-electron chi connectivity index (χ3n) is 11.1. The molecule has 1 N–H and O–H groups in total. The molecule has 4 bridgehead atoms. The van der Waals surface area contributed by atoms with Gasteiger partial charge in [-0.3, -0.25) is 4.90 Å². The number of methoxy groups -OCH3 is 2. The van der Waals surface area contributed by atoms with E-state index in [2.05, 4.69) is 31.8 Å². The molecule has 0 fully saturated rings. The van der Waals surface area contributed by atoms with Crippen LogP contribution in [-0.4, -0.2) is 94.4 Å². The normalized spacial score (nSPS) is 14.2. The van der Waals surface area contributed by atoms with Gasteiger partial charge in [0.25, 0.3) is 0 Å². The number of hydrogen-bond acceptors (Lipinski definition) is 12. The van der Waals surface area contributed by atoms with E-state index in [0.29, 0.717) is 70.1 Å². The van der Waals surface area contributed by atoms with Crippen molar-refractivity contribution in [2.24, 2.45) is 0 Å². The molecule has 15 heteroatoms. The number of likely N-dealkylation sites (N-methyl/N-ethyl adjacent to an activating group) is 1. The van der Waals surface area contributed by atoms with E-state index in [4.69, 9.17) is 35.5 Å². The van der Waals surface area contributed by atoms with Gasteiger partial charge in [-0.25, -0.2) is 29.1 Å². The average Bonchev–Trinajstić information content (AvgIpc) is 3.68. The van der Waals surface area contributed by atoms with E-state index in [1.165, 1.54) is 29.8 Å². The number of benzene rings is 4. The number of carbonyl (C=O) groups is 1. The van der Waals surface area contributed by atoms with Crippen LogP contribution in [-0.2, 0) is 35.6 Å². The fourth-order valence-electron chi connectivity index (χ4n) is 7.71. The largest absolute Gasteiger partial charge is 0.496 e. The molecule has 3 aromatic heterocycles. The van der Waals surface area contributed by atoms with Gasteiger partial charge in [-0.2, -0.15) is 0 Å². The van der Waals surface area contributed by atoms with Crippen LogP contribution in [0.3, 0.4) is 0 Å². The van der Waals surface area contributed by atoms with E-state index >= 15 is 0 Å². The summed E-state index contributed by atoms with van der Waals surface area (Å²) in [6.07, 6.45) is 1.60. The first-order valence-electron chi connectivity index (χ1n) is 20.4. The Balaban J connectivity index is 1.23. The van der Waals surface area contributed by atoms with Crippen molar-refractivity contribution in [3.8, 4) is 50.3 Å². The number of aromatic nitrogens is 4. The molecule has 0 saturated heterocycles. The first-order chi connectivity index (χ1) is 30.6. The molecular formula is C48H46ClFN6O6S. The molecule has 0 radical (unpaired) electrons. The van der Waals surface area contributed by atoms with Gasteiger partial charge in [0.1, 0.15) is 35.1 Å². The van der Waals surface area contributed by atoms with Crippen molar-refractivity contribution in [2.75, 3.05) is 47.5 Å². The van der Waals surface area contributed by atoms with Gasteiger partial charge in [-0.15, -0.1) is 11.3 Å². The molecule has 2 aliphatic heterocycles. The van der Waals surface area contributed by atoms with Crippen LogP contribution in [0.1, 0.15) is 27.9 Å². The molecule has 324 valence electrons. The second-order valence-corrected chi connectivity index (χ2v) is 16.7. The Morgan fingerprint density at radius 3 is 2.59 bits per heavy atom. The molecule has 2 aliphatic rings. The lowest BCUT2D eigenvalue weighted by molar-refractivity contribution is -0.145. The van der Waals surface area contributed by atoms with Gasteiger partial charge < -0.3 is 29.0 Å². The quantitative estimate of drug-likeness (QED) is 0.118. The van der Waals surface area contributed by atoms with E-state index in [0.717, 1.165) is 56.9 Å². The summed E-state index contributed by atoms with van der Waals surface area (Å²) in [5.74, 6) is 0.166. The average molecular weight is 889 g/mol. The zero-order valence-corrected chi connectivity index (χ0v) is 36.9. The molecular weight excluding hydrogens is 843 g/mol. The molecule has 4 aromatic carbocycles. The van der Waals surface area contributed by atoms with Crippen molar-refractivity contribution in [3.05, 3.63) is 136 Å². The van der Waals surface area contributed by atoms with Gasteiger partial charge in [-0.1, -0.05) is 60.1 Å². The summed E-state index contributed by atoms with van der Waals surface area (Å²) in [5.41, 5.74) is 7.00. The number of thiophene rings is 1. The van der Waals surface area contributed by atoms with Crippen molar-refractivity contribution in [1.29, 1.82) is 0 Å². The Kier molecular flexibility index (Phi) is 13.5. The number of aliphatic carboxylic acids is 1. The Bertz CT molecular complexity index is 2750. The Labute approximate surface area is 373 Å². The van der Waals surface area contributed by atoms with Crippen LogP contribution in [0.2, 0.25) is 5.02 Å². The Morgan fingerprint density at radius 1 is 0.968 bits per heavy atom. The van der Waals surface area contributed by atoms with Gasteiger partial charge in [0, 0.05) is 67.9 Å². The minimum absolute atomic E-state index is 0.0527. The fourth-order valence-corrected chi connectivity index (χ4v) is 9.09. The molecule has 5 heterocycles. The maximum Gasteiger partial charge on any atom is 0.345 e. The molecule has 0 saturated carbocycles. The first kappa shape index (κ1) is 43.6. The van der Waals surface area contributed by atoms with Crippen LogP contribution >= 0.6 is 22.9 Å². The van der Waals surface area contributed by atoms with Crippen molar-refractivity contribution in [3.63, 3.8) is 0 Å². The SMILES string of the molecule is COCCN(C)CCN1Cc2ccc(OCc3ccnc(-c4ccccc4OC)n3)c(c2)CC(C(=O)O)Oc2ncnc3sc(-c4ccc(F)cc4)c(c23)-c2ccc(c(Cl)c2C)C1. The zero-order valence-electron chi connectivity index (χ0n) is 35.3. The number of halogens is 2. The Hall–Kier alpha value is -6.03. The highest BCUT2D eigenvalue weighted by atomic mass is 35.5. The number of para-hydroxylation sites is 1. The maximum absolute atomic E-state index is 14.2. The molecule has 1 atom stereocenters. The third kappa shape index (κ3) is 9.80. The number of fused-ring (bicyclic) bond motifs is 6. The highest BCUT2D eigenvalue weighted by molar-refractivity contribution is 7.22. The van der Waals surface area contributed by atoms with E-state index in [-0.39, 0.29) is 24.7 Å². The molecule has 12 nitrogen and oxygen atoms in total. The van der Waals surface area contributed by atoms with Gasteiger partial charge in [-0.05, 0) is 83.8 Å². The van der Waals surface area contributed by atoms with Crippen LogP contribution in [0.25, 0.3) is 43.2 Å². The van der Waals surface area contributed by atoms with Crippen molar-refractivity contribution in [1.82, 2.24) is 29.7 Å². The van der Waals surface area contributed by atoms with E-state index < -0.39 is 12.1 Å². The monoisotopic (exact) mass is 888 g/mol. The summed E-state index contributed by atoms with van der Waals surface area (Å²) in [7, 11) is 5.36. The molecule has 1 unspecified atom stereocenters. The fraction of sp³-hybridized carbons (Fsp3) is 0.271. The number of nitrogens with zero attached hydrogens (tertiary/aromatic N) is 6. The van der Waals surface area contributed by atoms with Crippen LogP contribution in [0, 0.1) is 12.7 Å². The molecule has 0 amide bonds. The number of hydrogen-bond donors (Lipinski definition) is 1. The summed E-state index contributed by atoms with van der Waals surface area (Å²) >= 11 is 8.72. The van der Waals surface area contributed by atoms with E-state index in [1.54, 1.807) is 38.6 Å². The predicted molar refractivity (Wildman–Crippen MR) is 242 cm³/mol. The summed E-state index contributed by atoms with van der Waals surface area (Å²) in [4.78, 5) is 37.6. The molecule has 0 spiro atoms. The summed E-state index contributed by atoms with van der Waals surface area (Å²) < 4.78 is 38.1. The van der Waals surface area contributed by atoms with Gasteiger partial charge in [0.15, 0.2) is 5.82 Å². The van der Waals surface area contributed by atoms with Crippen LogP contribution < -0.4 is 14.2 Å². The maximum atomic E-state index is 14.2. The zero-order chi connectivity index (χ0) is 44.0. The number of carboxylic acids is 1. The lowest BCUT2D eigenvalue weighted by Gasteiger charge is -2.27. The predicted octanol–water partition coefficient (Wildman–Crippen LogP) is 9.14. The third-order valence-corrected chi connectivity index (χ3v) is 12.7. The number of carboxylic acid groups (broad SMARTS) is 1. The van der Waals surface area contributed by atoms with E-state index in [1.807, 2.05) is 61.5 Å². The second-order valence-electron chi connectivity index (χ2n) is 15.3. The van der Waals surface area contributed by atoms with Crippen LogP contribution in [0.5, 0.6) is 17.4 Å². The molecule has 0 aliphatic carbocycles. The number of ether oxygens (including phenoxy) is 4. The minimum Gasteiger partial charge on any atom is -0.496 e. The summed E-state index contributed by atoms with van der Waals surface area (Å²) in [6.45, 7) is 5.99. The van der Waals surface area contributed by atoms with Gasteiger partial charge in [0.2, 0.25) is 12.0 Å². The standard InChI is InChI=1S/C48H46ClFN6O6S/c1-29-36-15-12-32(43(29)49)26-56(20-19-55(2)21-22-59-3)25-30-9-16-38(61-27-35-17-18-51-45(54-35)37-7-5-6-8-39(37)60-4)33(23-30)24-40(48(57)58)62-46-42-41(36)44(63-47(42)53-28-52-46)31-10-13-34(50)14-11-31/h5-18,23,28,40H,19-22,24-27H2,1-4H3,(H,57,58). The van der Waals surface area contributed by atoms with Crippen molar-refractivity contribution >= 4 is 39.1 Å². The van der Waals surface area contributed by atoms with Crippen LogP contribution in [0.15, 0.2) is 97.5 Å². The second kappa shape index (κ2) is 19.6. The highest BCUT2D eigenvalue weighted by Gasteiger charge is 2.29. The smallest absolute Gasteiger partial charge is 0.345 e. The van der Waals surface area contributed by atoms with Crippen molar-refractivity contribution in [2.45, 2.75) is 39.1 Å². The minimum atomic E-state index is -1.38. The van der Waals surface area contributed by atoms with Crippen molar-refractivity contribution < 1.29 is 33.2 Å². The van der Waals surface area contributed by atoms with Crippen LogP contribution in [0.4, 0.5) is 4.39 Å². The molecule has 9 rings (SSSR count). The number of rotatable bonds is 13. The summed E-state index contributed by atoms with van der Waals surface area (Å²) in [6, 6.07) is 25.5. The first-order valence-corrected chi connectivity index (χ1v) is 21.6. The van der Waals surface area contributed by atoms with Gasteiger partial charge in [0.05, 0.1) is 30.4 Å². The Morgan fingerprint density at radius 2 is 1.79 bits per heavy atom. The lowest BCUT2D eigenvalue weighted by Crippen LogP contribution is -2.34. The highest BCUT2D eigenvalue weighted by Crippen LogP contribution is 2.49. The van der Waals surface area contributed by atoms with E-state index in [9.17, 15) is 14.3 Å². The summed E-state index contributed by atoms with van der Waals surface area (Å²) in [5, 5.41) is 12.0.